The highest BCUT2D eigenvalue weighted by molar-refractivity contribution is 5.33. The van der Waals surface area contributed by atoms with Gasteiger partial charge in [-0.2, -0.15) is 4.57 Å². The zero-order chi connectivity index (χ0) is 20.4. The summed E-state index contributed by atoms with van der Waals surface area (Å²) in [6, 6.07) is 12.9. The molecule has 0 saturated carbocycles. The molecule has 0 bridgehead atoms. The van der Waals surface area contributed by atoms with Gasteiger partial charge in [-0.1, -0.05) is 52.0 Å². The van der Waals surface area contributed by atoms with Gasteiger partial charge >= 0.3 is 0 Å². The summed E-state index contributed by atoms with van der Waals surface area (Å²) in [7, 11) is 0. The van der Waals surface area contributed by atoms with Crippen molar-refractivity contribution in [3.05, 3.63) is 65.5 Å². The molecule has 2 heteroatoms. The van der Waals surface area contributed by atoms with Crippen molar-refractivity contribution in [1.82, 2.24) is 0 Å². The number of pyridine rings is 1. The summed E-state index contributed by atoms with van der Waals surface area (Å²) in [5.74, 6) is 0.891. The lowest BCUT2D eigenvalue weighted by atomic mass is 10.0. The van der Waals surface area contributed by atoms with E-state index in [1.54, 1.807) is 0 Å². The molecule has 0 radical (unpaired) electrons. The van der Waals surface area contributed by atoms with Crippen LogP contribution in [0.15, 0.2) is 48.6 Å². The normalized spacial score (nSPS) is 10.9. The van der Waals surface area contributed by atoms with E-state index in [9.17, 15) is 0 Å². The molecule has 0 amide bonds. The van der Waals surface area contributed by atoms with Gasteiger partial charge in [0.2, 0.25) is 5.69 Å². The first kappa shape index (κ1) is 22.2. The van der Waals surface area contributed by atoms with E-state index in [0.717, 1.165) is 11.3 Å². The van der Waals surface area contributed by atoms with Crippen molar-refractivity contribution in [3.63, 3.8) is 0 Å². The Bertz CT molecular complexity index is 746. The fraction of sp³-hybridized carbons (Fsp3) is 0.500. The number of nitrogens with zero attached hydrogens (tertiary/aromatic N) is 1. The number of aromatic nitrogens is 1. The van der Waals surface area contributed by atoms with E-state index in [1.807, 2.05) is 19.1 Å². The molecule has 2 rings (SSSR count). The van der Waals surface area contributed by atoms with Crippen LogP contribution in [0.3, 0.4) is 0 Å². The lowest BCUT2D eigenvalue weighted by Crippen LogP contribution is -2.38. The highest BCUT2D eigenvalue weighted by Crippen LogP contribution is 2.17. The van der Waals surface area contributed by atoms with Crippen LogP contribution in [0.2, 0.25) is 0 Å². The summed E-state index contributed by atoms with van der Waals surface area (Å²) in [5, 5.41) is 0. The molecule has 0 unspecified atom stereocenters. The molecule has 28 heavy (non-hydrogen) atoms. The second-order valence-corrected chi connectivity index (χ2v) is 8.03. The Morgan fingerprint density at radius 1 is 0.893 bits per heavy atom. The van der Waals surface area contributed by atoms with Gasteiger partial charge in [0.05, 0.1) is 0 Å². The van der Waals surface area contributed by atoms with Gasteiger partial charge in [0.25, 0.3) is 0 Å². The molecule has 0 aliphatic rings. The van der Waals surface area contributed by atoms with Crippen molar-refractivity contribution in [3.8, 4) is 11.4 Å². The molecule has 0 N–H and O–H groups in total. The Hall–Kier alpha value is -2.09. The third kappa shape index (κ3) is 6.82. The standard InChI is InChI=1S/C26H38NO/c1-6-7-8-9-10-11-12-13-24-15-14-22(4)27(23(24)5)25-16-18-26(19-17-25)28-20-21(2)3/h14-19H,2,6-13,20H2,1,3-5H3/q+1. The van der Waals surface area contributed by atoms with Gasteiger partial charge in [-0.25, -0.2) is 0 Å². The van der Waals surface area contributed by atoms with E-state index >= 15 is 0 Å². The molecule has 152 valence electrons. The van der Waals surface area contributed by atoms with Crippen LogP contribution in [-0.2, 0) is 6.42 Å². The molecule has 0 saturated heterocycles. The maximum atomic E-state index is 5.73. The number of hydrogen-bond donors (Lipinski definition) is 0. The fourth-order valence-electron chi connectivity index (χ4n) is 3.66. The second kappa shape index (κ2) is 11.7. The van der Waals surface area contributed by atoms with Crippen molar-refractivity contribution < 1.29 is 9.30 Å². The monoisotopic (exact) mass is 380 g/mol. The molecule has 1 heterocycles. The zero-order valence-corrected chi connectivity index (χ0v) is 18.4. The van der Waals surface area contributed by atoms with Gasteiger partial charge in [-0.15, -0.1) is 0 Å². The summed E-state index contributed by atoms with van der Waals surface area (Å²) in [6.45, 7) is 13.1. The smallest absolute Gasteiger partial charge is 0.211 e. The van der Waals surface area contributed by atoms with Gasteiger partial charge in [0, 0.05) is 37.6 Å². The predicted octanol–water partition coefficient (Wildman–Crippen LogP) is 6.83. The van der Waals surface area contributed by atoms with Crippen LogP contribution in [0, 0.1) is 13.8 Å². The molecule has 2 aromatic rings. The number of benzene rings is 1. The van der Waals surface area contributed by atoms with Crippen molar-refractivity contribution in [1.29, 1.82) is 0 Å². The topological polar surface area (TPSA) is 13.1 Å². The summed E-state index contributed by atoms with van der Waals surface area (Å²) >= 11 is 0. The van der Waals surface area contributed by atoms with Gasteiger partial charge in [0.1, 0.15) is 12.4 Å². The molecular formula is C26H38NO+. The van der Waals surface area contributed by atoms with E-state index in [1.165, 1.54) is 74.0 Å². The van der Waals surface area contributed by atoms with Crippen molar-refractivity contribution in [2.45, 2.75) is 79.1 Å². The SMILES string of the molecule is C=C(C)COc1ccc(-[n+]2c(C)ccc(CCCCCCCCC)c2C)cc1. The summed E-state index contributed by atoms with van der Waals surface area (Å²) < 4.78 is 8.09. The van der Waals surface area contributed by atoms with Crippen molar-refractivity contribution in [2.24, 2.45) is 0 Å². The first-order chi connectivity index (χ1) is 13.5. The Morgan fingerprint density at radius 3 is 2.18 bits per heavy atom. The van der Waals surface area contributed by atoms with Crippen LogP contribution in [0.25, 0.3) is 5.69 Å². The van der Waals surface area contributed by atoms with Gasteiger partial charge in [0.15, 0.2) is 11.4 Å². The lowest BCUT2D eigenvalue weighted by Gasteiger charge is -2.10. The van der Waals surface area contributed by atoms with E-state index in [0.29, 0.717) is 6.61 Å². The highest BCUT2D eigenvalue weighted by atomic mass is 16.5. The van der Waals surface area contributed by atoms with E-state index in [4.69, 9.17) is 4.74 Å². The Balaban J connectivity index is 2.00. The summed E-state index contributed by atoms with van der Waals surface area (Å²) in [4.78, 5) is 0. The van der Waals surface area contributed by atoms with E-state index in [-0.39, 0.29) is 0 Å². The Kier molecular flexibility index (Phi) is 9.27. The van der Waals surface area contributed by atoms with Gasteiger partial charge in [-0.3, -0.25) is 0 Å². The number of aryl methyl sites for hydroxylation is 2. The average Bonchev–Trinajstić information content (AvgIpc) is 2.68. The molecular weight excluding hydrogens is 342 g/mol. The third-order valence-electron chi connectivity index (χ3n) is 5.31. The average molecular weight is 381 g/mol. The van der Waals surface area contributed by atoms with Crippen LogP contribution in [0.4, 0.5) is 0 Å². The quantitative estimate of drug-likeness (QED) is 0.223. The third-order valence-corrected chi connectivity index (χ3v) is 5.31. The minimum Gasteiger partial charge on any atom is -0.489 e. The highest BCUT2D eigenvalue weighted by Gasteiger charge is 2.17. The van der Waals surface area contributed by atoms with Crippen molar-refractivity contribution >= 4 is 0 Å². The molecule has 0 atom stereocenters. The van der Waals surface area contributed by atoms with Gasteiger partial charge < -0.3 is 4.74 Å². The maximum absolute atomic E-state index is 5.73. The predicted molar refractivity (Wildman–Crippen MR) is 119 cm³/mol. The van der Waals surface area contributed by atoms with Crippen LogP contribution in [-0.4, -0.2) is 6.61 Å². The number of ether oxygens (including phenoxy) is 1. The van der Waals surface area contributed by atoms with Crippen LogP contribution in [0.1, 0.15) is 75.7 Å². The number of unbranched alkanes of at least 4 members (excludes halogenated alkanes) is 6. The molecule has 1 aromatic carbocycles. The lowest BCUT2D eigenvalue weighted by molar-refractivity contribution is -0.610. The molecule has 0 fully saturated rings. The molecule has 2 nitrogen and oxygen atoms in total. The first-order valence-corrected chi connectivity index (χ1v) is 10.9. The Morgan fingerprint density at radius 2 is 1.54 bits per heavy atom. The molecule has 0 spiro atoms. The summed E-state index contributed by atoms with van der Waals surface area (Å²) in [5.41, 5.74) is 6.29. The van der Waals surface area contributed by atoms with E-state index < -0.39 is 0 Å². The Labute approximate surface area is 172 Å². The van der Waals surface area contributed by atoms with Gasteiger partial charge in [-0.05, 0) is 43.5 Å². The minimum absolute atomic E-state index is 0.568. The number of rotatable bonds is 12. The zero-order valence-electron chi connectivity index (χ0n) is 18.4. The largest absolute Gasteiger partial charge is 0.489 e. The van der Waals surface area contributed by atoms with Crippen LogP contribution in [0.5, 0.6) is 5.75 Å². The second-order valence-electron chi connectivity index (χ2n) is 8.03. The van der Waals surface area contributed by atoms with Crippen LogP contribution < -0.4 is 9.30 Å². The first-order valence-electron chi connectivity index (χ1n) is 10.9. The number of hydrogen-bond acceptors (Lipinski definition) is 1. The van der Waals surface area contributed by atoms with E-state index in [2.05, 4.69) is 56.2 Å². The van der Waals surface area contributed by atoms with Crippen molar-refractivity contribution in [2.75, 3.05) is 6.61 Å². The maximum Gasteiger partial charge on any atom is 0.211 e. The molecule has 1 aromatic heterocycles. The molecule has 0 aliphatic carbocycles. The minimum atomic E-state index is 0.568. The molecule has 0 aliphatic heterocycles. The van der Waals surface area contributed by atoms with Crippen LogP contribution >= 0.6 is 0 Å². The fourth-order valence-corrected chi connectivity index (χ4v) is 3.66. The summed E-state index contributed by atoms with van der Waals surface area (Å²) in [6.07, 6.45) is 10.6.